The van der Waals surface area contributed by atoms with Crippen molar-refractivity contribution >= 4 is 23.7 Å². The third-order valence-electron chi connectivity index (χ3n) is 3.24. The van der Waals surface area contributed by atoms with Crippen LogP contribution in [0.2, 0.25) is 5.02 Å². The van der Waals surface area contributed by atoms with Crippen molar-refractivity contribution in [3.05, 3.63) is 40.7 Å². The van der Waals surface area contributed by atoms with Crippen LogP contribution in [0.5, 0.6) is 0 Å². The fourth-order valence-electron chi connectivity index (χ4n) is 1.85. The topological polar surface area (TPSA) is 64.9 Å². The van der Waals surface area contributed by atoms with E-state index in [1.165, 1.54) is 31.5 Å². The molecule has 1 atom stereocenters. The summed E-state index contributed by atoms with van der Waals surface area (Å²) in [6.07, 6.45) is -1.68. The predicted octanol–water partition coefficient (Wildman–Crippen LogP) is 4.81. The van der Waals surface area contributed by atoms with E-state index in [-0.39, 0.29) is 11.4 Å². The maximum Gasteiger partial charge on any atom is 0.395 e. The van der Waals surface area contributed by atoms with E-state index in [0.717, 1.165) is 6.92 Å². The largest absolute Gasteiger partial charge is 0.395 e. The SMILES string of the molecule is CC(=N)N=Cc1[nH]c(-c2ccc([C@H](C)C(F)(F)F)cn2)cc1Cl. The van der Waals surface area contributed by atoms with E-state index in [4.69, 9.17) is 17.0 Å². The van der Waals surface area contributed by atoms with Gasteiger partial charge in [0.25, 0.3) is 0 Å². The van der Waals surface area contributed by atoms with Crippen molar-refractivity contribution in [2.45, 2.75) is 25.9 Å². The summed E-state index contributed by atoms with van der Waals surface area (Å²) < 4.78 is 38.0. The second-order valence-corrected chi connectivity index (χ2v) is 5.44. The molecule has 0 amide bonds. The number of hydrogen-bond donors (Lipinski definition) is 2. The van der Waals surface area contributed by atoms with Crippen LogP contribution in [-0.2, 0) is 0 Å². The fourth-order valence-corrected chi connectivity index (χ4v) is 2.05. The van der Waals surface area contributed by atoms with Gasteiger partial charge in [-0.3, -0.25) is 10.4 Å². The standard InChI is InChI=1S/C15H14ClF3N4/c1-8(15(17,18)19)10-3-4-12(22-6-10)13-5-11(16)14(23-13)7-21-9(2)20/h3-8,20,23H,1-2H3/t8-/m0/s1. The highest BCUT2D eigenvalue weighted by Crippen LogP contribution is 2.34. The summed E-state index contributed by atoms with van der Waals surface area (Å²) in [6, 6.07) is 4.50. The molecular formula is C15H14ClF3N4. The van der Waals surface area contributed by atoms with E-state index in [1.807, 2.05) is 0 Å². The Morgan fingerprint density at radius 1 is 1.43 bits per heavy atom. The smallest absolute Gasteiger partial charge is 0.351 e. The minimum Gasteiger partial charge on any atom is -0.351 e. The van der Waals surface area contributed by atoms with Gasteiger partial charge in [-0.05, 0) is 31.5 Å². The summed E-state index contributed by atoms with van der Waals surface area (Å²) in [5.74, 6) is -1.45. The van der Waals surface area contributed by atoms with E-state index in [2.05, 4.69) is 15.0 Å². The summed E-state index contributed by atoms with van der Waals surface area (Å²) in [7, 11) is 0. The average molecular weight is 343 g/mol. The van der Waals surface area contributed by atoms with Gasteiger partial charge in [-0.1, -0.05) is 17.7 Å². The van der Waals surface area contributed by atoms with Gasteiger partial charge in [0, 0.05) is 6.20 Å². The molecule has 122 valence electrons. The Kier molecular flexibility index (Phi) is 4.89. The molecule has 0 fully saturated rings. The highest BCUT2D eigenvalue weighted by Gasteiger charge is 2.37. The van der Waals surface area contributed by atoms with Crippen molar-refractivity contribution in [1.29, 1.82) is 5.41 Å². The molecule has 2 rings (SSSR count). The number of H-pyrrole nitrogens is 1. The lowest BCUT2D eigenvalue weighted by atomic mass is 10.0. The number of nitrogens with zero attached hydrogens (tertiary/aromatic N) is 2. The van der Waals surface area contributed by atoms with Crippen LogP contribution in [0.15, 0.2) is 29.4 Å². The summed E-state index contributed by atoms with van der Waals surface area (Å²) >= 11 is 6.05. The van der Waals surface area contributed by atoms with Crippen molar-refractivity contribution < 1.29 is 13.2 Å². The van der Waals surface area contributed by atoms with Crippen LogP contribution < -0.4 is 0 Å². The molecule has 4 nitrogen and oxygen atoms in total. The average Bonchev–Trinajstić information content (AvgIpc) is 2.84. The normalized spacial score (nSPS) is 13.5. The van der Waals surface area contributed by atoms with Crippen molar-refractivity contribution in [2.24, 2.45) is 4.99 Å². The lowest BCUT2D eigenvalue weighted by Gasteiger charge is -2.15. The van der Waals surface area contributed by atoms with Crippen molar-refractivity contribution in [3.63, 3.8) is 0 Å². The number of rotatable bonds is 3. The molecule has 0 spiro atoms. The molecule has 2 heterocycles. The van der Waals surface area contributed by atoms with E-state index in [9.17, 15) is 13.2 Å². The summed E-state index contributed by atoms with van der Waals surface area (Å²) in [4.78, 5) is 10.9. The molecule has 0 aromatic carbocycles. The van der Waals surface area contributed by atoms with Crippen LogP contribution >= 0.6 is 11.6 Å². The van der Waals surface area contributed by atoms with Gasteiger partial charge in [0.2, 0.25) is 0 Å². The number of aromatic amines is 1. The van der Waals surface area contributed by atoms with E-state index >= 15 is 0 Å². The van der Waals surface area contributed by atoms with Crippen LogP contribution in [0.1, 0.15) is 31.0 Å². The Hall–Kier alpha value is -2.15. The molecule has 8 heteroatoms. The minimum absolute atomic E-state index is 0.0973. The third kappa shape index (κ3) is 4.19. The molecular weight excluding hydrogens is 329 g/mol. The van der Waals surface area contributed by atoms with Crippen LogP contribution in [0.3, 0.4) is 0 Å². The van der Waals surface area contributed by atoms with Crippen LogP contribution in [-0.4, -0.2) is 28.2 Å². The van der Waals surface area contributed by atoms with Crippen molar-refractivity contribution in [3.8, 4) is 11.4 Å². The summed E-state index contributed by atoms with van der Waals surface area (Å²) in [6.45, 7) is 2.62. The van der Waals surface area contributed by atoms with Gasteiger partial charge in [-0.2, -0.15) is 13.2 Å². The van der Waals surface area contributed by atoms with E-state index < -0.39 is 12.1 Å². The molecule has 2 aromatic rings. The Balaban J connectivity index is 2.27. The first kappa shape index (κ1) is 17.2. The molecule has 0 bridgehead atoms. The molecule has 2 aromatic heterocycles. The second-order valence-electron chi connectivity index (χ2n) is 5.03. The number of aliphatic imine (C=N–C) groups is 1. The molecule has 0 unspecified atom stereocenters. The van der Waals surface area contributed by atoms with Gasteiger partial charge in [-0.25, -0.2) is 4.99 Å². The van der Waals surface area contributed by atoms with E-state index in [1.54, 1.807) is 6.07 Å². The lowest BCUT2D eigenvalue weighted by molar-refractivity contribution is -0.146. The Morgan fingerprint density at radius 3 is 2.65 bits per heavy atom. The number of nitrogens with one attached hydrogen (secondary N) is 2. The molecule has 0 radical (unpaired) electrons. The molecule has 2 N–H and O–H groups in total. The number of alkyl halides is 3. The van der Waals surface area contributed by atoms with Crippen LogP contribution in [0.25, 0.3) is 11.4 Å². The number of aromatic nitrogens is 2. The first-order valence-corrected chi connectivity index (χ1v) is 7.07. The van der Waals surface area contributed by atoms with Crippen LogP contribution in [0.4, 0.5) is 13.2 Å². The van der Waals surface area contributed by atoms with Crippen molar-refractivity contribution in [1.82, 2.24) is 9.97 Å². The number of halogens is 4. The highest BCUT2D eigenvalue weighted by molar-refractivity contribution is 6.33. The van der Waals surface area contributed by atoms with Gasteiger partial charge in [0.05, 0.1) is 34.2 Å². The van der Waals surface area contributed by atoms with Gasteiger partial charge >= 0.3 is 6.18 Å². The molecule has 0 aliphatic heterocycles. The van der Waals surface area contributed by atoms with Gasteiger partial charge in [0.15, 0.2) is 0 Å². The Bertz CT molecular complexity index is 732. The fraction of sp³-hybridized carbons (Fsp3) is 0.267. The monoisotopic (exact) mass is 342 g/mol. The lowest BCUT2D eigenvalue weighted by Crippen LogP contribution is -2.17. The number of hydrogen-bond acceptors (Lipinski definition) is 2. The quantitative estimate of drug-likeness (QED) is 0.610. The molecule has 23 heavy (non-hydrogen) atoms. The zero-order chi connectivity index (χ0) is 17.2. The highest BCUT2D eigenvalue weighted by atomic mass is 35.5. The minimum atomic E-state index is -4.30. The molecule has 0 saturated heterocycles. The zero-order valence-corrected chi connectivity index (χ0v) is 13.1. The van der Waals surface area contributed by atoms with E-state index in [0.29, 0.717) is 22.1 Å². The Labute approximate surface area is 135 Å². The van der Waals surface area contributed by atoms with Gasteiger partial charge in [0.1, 0.15) is 5.84 Å². The van der Waals surface area contributed by atoms with Crippen molar-refractivity contribution in [2.75, 3.05) is 0 Å². The molecule has 0 saturated carbocycles. The number of amidine groups is 1. The Morgan fingerprint density at radius 2 is 2.13 bits per heavy atom. The molecule has 0 aliphatic carbocycles. The summed E-state index contributed by atoms with van der Waals surface area (Å²) in [5, 5.41) is 7.63. The maximum absolute atomic E-state index is 12.7. The van der Waals surface area contributed by atoms with Gasteiger partial charge < -0.3 is 4.98 Å². The first-order valence-electron chi connectivity index (χ1n) is 6.69. The van der Waals surface area contributed by atoms with Crippen LogP contribution in [0, 0.1) is 5.41 Å². The maximum atomic E-state index is 12.7. The zero-order valence-electron chi connectivity index (χ0n) is 12.4. The second kappa shape index (κ2) is 6.54. The first-order chi connectivity index (χ1) is 10.7. The van der Waals surface area contributed by atoms with Gasteiger partial charge in [-0.15, -0.1) is 0 Å². The summed E-state index contributed by atoms with van der Waals surface area (Å²) in [5.41, 5.74) is 1.63. The predicted molar refractivity (Wildman–Crippen MR) is 84.5 cm³/mol. The molecule has 0 aliphatic rings. The number of pyridine rings is 1. The third-order valence-corrected chi connectivity index (χ3v) is 3.55.